The first-order valence-electron chi connectivity index (χ1n) is 6.66. The summed E-state index contributed by atoms with van der Waals surface area (Å²) in [4.78, 5) is 0. The molecule has 0 aliphatic rings. The minimum absolute atomic E-state index is 0.151. The van der Waals surface area contributed by atoms with Gasteiger partial charge in [-0.05, 0) is 60.5 Å². The van der Waals surface area contributed by atoms with E-state index in [1.54, 1.807) is 24.3 Å². The first-order chi connectivity index (χ1) is 10.0. The summed E-state index contributed by atoms with van der Waals surface area (Å²) in [5, 5.41) is 6.01. The van der Waals surface area contributed by atoms with Crippen LogP contribution >= 0.6 is 46.4 Å². The van der Waals surface area contributed by atoms with Gasteiger partial charge in [0, 0.05) is 20.1 Å². The number of halogens is 4. The number of hydrogen-bond acceptors (Lipinski definition) is 1. The fraction of sp³-hybridized carbons (Fsp3) is 0.250. The molecule has 21 heavy (non-hydrogen) atoms. The van der Waals surface area contributed by atoms with Crippen LogP contribution in [0.1, 0.15) is 30.5 Å². The van der Waals surface area contributed by atoms with Crippen LogP contribution in [0, 0.1) is 0 Å². The molecular weight excluding hydrogens is 348 g/mol. The highest BCUT2D eigenvalue weighted by Crippen LogP contribution is 2.35. The minimum Gasteiger partial charge on any atom is -0.306 e. The fourth-order valence-electron chi connectivity index (χ4n) is 2.15. The van der Waals surface area contributed by atoms with Crippen molar-refractivity contribution in [1.82, 2.24) is 5.32 Å². The van der Waals surface area contributed by atoms with Gasteiger partial charge in [0.25, 0.3) is 0 Å². The molecule has 0 fully saturated rings. The van der Waals surface area contributed by atoms with E-state index in [-0.39, 0.29) is 6.04 Å². The van der Waals surface area contributed by atoms with Crippen LogP contribution in [0.25, 0.3) is 0 Å². The molecule has 5 heteroatoms. The average Bonchev–Trinajstić information content (AvgIpc) is 2.46. The summed E-state index contributed by atoms with van der Waals surface area (Å²) in [5.74, 6) is 0. The van der Waals surface area contributed by atoms with Crippen LogP contribution in [0.4, 0.5) is 0 Å². The lowest BCUT2D eigenvalue weighted by molar-refractivity contribution is 0.599. The molecule has 2 aromatic carbocycles. The molecule has 0 saturated carbocycles. The van der Waals surface area contributed by atoms with Gasteiger partial charge in [0.05, 0.1) is 6.04 Å². The van der Waals surface area contributed by atoms with Gasteiger partial charge in [-0.3, -0.25) is 0 Å². The second-order valence-corrected chi connectivity index (χ2v) is 6.41. The van der Waals surface area contributed by atoms with Gasteiger partial charge < -0.3 is 5.32 Å². The van der Waals surface area contributed by atoms with Crippen molar-refractivity contribution in [3.63, 3.8) is 0 Å². The summed E-state index contributed by atoms with van der Waals surface area (Å²) < 4.78 is 0. The third kappa shape index (κ3) is 4.28. The monoisotopic (exact) mass is 361 g/mol. The zero-order chi connectivity index (χ0) is 15.4. The number of rotatable bonds is 5. The van der Waals surface area contributed by atoms with Crippen molar-refractivity contribution in [2.45, 2.75) is 19.4 Å². The Balaban J connectivity index is 2.52. The van der Waals surface area contributed by atoms with Crippen LogP contribution in [0.15, 0.2) is 36.4 Å². The number of hydrogen-bond donors (Lipinski definition) is 1. The van der Waals surface area contributed by atoms with Crippen molar-refractivity contribution in [2.75, 3.05) is 6.54 Å². The van der Waals surface area contributed by atoms with E-state index in [1.807, 2.05) is 12.1 Å². The van der Waals surface area contributed by atoms with E-state index in [0.717, 1.165) is 24.1 Å². The largest absolute Gasteiger partial charge is 0.306 e. The van der Waals surface area contributed by atoms with Crippen molar-refractivity contribution >= 4 is 46.4 Å². The van der Waals surface area contributed by atoms with Crippen LogP contribution < -0.4 is 5.32 Å². The molecule has 0 bridgehead atoms. The van der Waals surface area contributed by atoms with Crippen LogP contribution in [0.5, 0.6) is 0 Å². The smallest absolute Gasteiger partial charge is 0.0607 e. The summed E-state index contributed by atoms with van der Waals surface area (Å²) in [5.41, 5.74) is 1.78. The van der Waals surface area contributed by atoms with Crippen LogP contribution in [0.2, 0.25) is 20.1 Å². The van der Waals surface area contributed by atoms with Crippen LogP contribution in [-0.2, 0) is 0 Å². The van der Waals surface area contributed by atoms with E-state index >= 15 is 0 Å². The molecule has 0 aromatic heterocycles. The van der Waals surface area contributed by atoms with Gasteiger partial charge in [-0.15, -0.1) is 0 Å². The van der Waals surface area contributed by atoms with Crippen molar-refractivity contribution in [2.24, 2.45) is 0 Å². The molecule has 0 amide bonds. The van der Waals surface area contributed by atoms with Gasteiger partial charge in [-0.25, -0.2) is 0 Å². The Kier molecular flexibility index (Phi) is 6.21. The average molecular weight is 363 g/mol. The van der Waals surface area contributed by atoms with Crippen molar-refractivity contribution < 1.29 is 0 Å². The van der Waals surface area contributed by atoms with Gasteiger partial charge in [0.1, 0.15) is 0 Å². The van der Waals surface area contributed by atoms with Crippen molar-refractivity contribution in [1.29, 1.82) is 0 Å². The maximum absolute atomic E-state index is 6.34. The molecule has 0 saturated heterocycles. The minimum atomic E-state index is -0.151. The van der Waals surface area contributed by atoms with Crippen LogP contribution in [0.3, 0.4) is 0 Å². The predicted octanol–water partition coefficient (Wildman–Crippen LogP) is 6.39. The van der Waals surface area contributed by atoms with E-state index in [1.165, 1.54) is 0 Å². The summed E-state index contributed by atoms with van der Waals surface area (Å²) in [6.45, 7) is 2.93. The summed E-state index contributed by atoms with van der Waals surface area (Å²) >= 11 is 24.9. The fourth-order valence-corrected chi connectivity index (χ4v) is 2.96. The third-order valence-corrected chi connectivity index (χ3v) is 4.30. The molecule has 0 aliphatic carbocycles. The topological polar surface area (TPSA) is 12.0 Å². The molecular formula is C16H15Cl4N. The standard InChI is InChI=1S/C16H15Cl4N/c1-2-7-21-16(12-8-10(17)3-5-14(12)19)13-9-11(18)4-6-15(13)20/h3-6,8-9,16,21H,2,7H2,1H3. The summed E-state index contributed by atoms with van der Waals surface area (Å²) in [6.07, 6.45) is 0.993. The summed E-state index contributed by atoms with van der Waals surface area (Å²) in [6, 6.07) is 10.7. The maximum Gasteiger partial charge on any atom is 0.0607 e. The van der Waals surface area contributed by atoms with Gasteiger partial charge >= 0.3 is 0 Å². The Morgan fingerprint density at radius 1 is 0.857 bits per heavy atom. The Bertz CT molecular complexity index is 576. The van der Waals surface area contributed by atoms with Gasteiger partial charge in [0.2, 0.25) is 0 Å². The SMILES string of the molecule is CCCNC(c1cc(Cl)ccc1Cl)c1cc(Cl)ccc1Cl. The lowest BCUT2D eigenvalue weighted by Gasteiger charge is -2.22. The molecule has 2 aromatic rings. The highest BCUT2D eigenvalue weighted by Gasteiger charge is 2.19. The lowest BCUT2D eigenvalue weighted by Crippen LogP contribution is -2.23. The van der Waals surface area contributed by atoms with E-state index in [2.05, 4.69) is 12.2 Å². The molecule has 112 valence electrons. The first kappa shape index (κ1) is 16.9. The molecule has 0 unspecified atom stereocenters. The van der Waals surface area contributed by atoms with E-state index < -0.39 is 0 Å². The Morgan fingerprint density at radius 3 is 1.76 bits per heavy atom. The molecule has 2 rings (SSSR count). The molecule has 0 atom stereocenters. The molecule has 1 N–H and O–H groups in total. The second-order valence-electron chi connectivity index (χ2n) is 4.72. The molecule has 0 radical (unpaired) electrons. The van der Waals surface area contributed by atoms with E-state index in [9.17, 15) is 0 Å². The van der Waals surface area contributed by atoms with Gasteiger partial charge in [-0.2, -0.15) is 0 Å². The van der Waals surface area contributed by atoms with E-state index in [4.69, 9.17) is 46.4 Å². The zero-order valence-electron chi connectivity index (χ0n) is 11.5. The second kappa shape index (κ2) is 7.71. The zero-order valence-corrected chi connectivity index (χ0v) is 14.5. The van der Waals surface area contributed by atoms with Crippen LogP contribution in [-0.4, -0.2) is 6.54 Å². The molecule has 0 spiro atoms. The Labute approximate surface area is 145 Å². The maximum atomic E-state index is 6.34. The number of benzene rings is 2. The lowest BCUT2D eigenvalue weighted by atomic mass is 9.98. The summed E-state index contributed by atoms with van der Waals surface area (Å²) in [7, 11) is 0. The number of nitrogens with one attached hydrogen (secondary N) is 1. The third-order valence-electron chi connectivity index (χ3n) is 3.14. The normalized spacial score (nSPS) is 11.1. The Morgan fingerprint density at radius 2 is 1.33 bits per heavy atom. The van der Waals surface area contributed by atoms with Gasteiger partial charge in [-0.1, -0.05) is 53.3 Å². The molecule has 0 aliphatic heterocycles. The highest BCUT2D eigenvalue weighted by atomic mass is 35.5. The van der Waals surface area contributed by atoms with Crippen molar-refractivity contribution in [3.05, 3.63) is 67.6 Å². The molecule has 1 nitrogen and oxygen atoms in total. The predicted molar refractivity (Wildman–Crippen MR) is 93.1 cm³/mol. The van der Waals surface area contributed by atoms with Gasteiger partial charge in [0.15, 0.2) is 0 Å². The first-order valence-corrected chi connectivity index (χ1v) is 8.17. The van der Waals surface area contributed by atoms with Crippen molar-refractivity contribution in [3.8, 4) is 0 Å². The Hall–Kier alpha value is -0.440. The quantitative estimate of drug-likeness (QED) is 0.649. The highest BCUT2D eigenvalue weighted by molar-refractivity contribution is 6.34. The molecule has 0 heterocycles. The van der Waals surface area contributed by atoms with E-state index in [0.29, 0.717) is 20.1 Å².